The van der Waals surface area contributed by atoms with Crippen LogP contribution in [-0.4, -0.2) is 10.2 Å². The van der Waals surface area contributed by atoms with Gasteiger partial charge in [0.1, 0.15) is 11.5 Å². The first-order chi connectivity index (χ1) is 13.1. The van der Waals surface area contributed by atoms with Crippen LogP contribution in [0.3, 0.4) is 0 Å². The number of para-hydroxylation sites is 1. The highest BCUT2D eigenvalue weighted by molar-refractivity contribution is 5.25. The molecule has 0 spiro atoms. The molecule has 0 radical (unpaired) electrons. The van der Waals surface area contributed by atoms with Crippen molar-refractivity contribution in [3.05, 3.63) is 60.2 Å². The summed E-state index contributed by atoms with van der Waals surface area (Å²) in [5.74, 6) is 0.680. The molecule has 2 heteroatoms. The zero-order valence-corrected chi connectivity index (χ0v) is 17.7. The van der Waals surface area contributed by atoms with Gasteiger partial charge in [-0.05, 0) is 42.7 Å². The number of aromatic hydroxyl groups is 2. The summed E-state index contributed by atoms with van der Waals surface area (Å²) in [6.45, 7) is 6.71. The molecule has 152 valence electrons. The van der Waals surface area contributed by atoms with Crippen LogP contribution in [0.1, 0.15) is 84.1 Å². The lowest BCUT2D eigenvalue weighted by atomic mass is 10.1. The highest BCUT2D eigenvalue weighted by Crippen LogP contribution is 2.12. The van der Waals surface area contributed by atoms with Gasteiger partial charge in [0.05, 0.1) is 0 Å². The minimum Gasteiger partial charge on any atom is -0.508 e. The monoisotopic (exact) mass is 372 g/mol. The number of phenolic OH excluding ortho intramolecular Hbond substituents is 2. The van der Waals surface area contributed by atoms with Crippen molar-refractivity contribution in [2.75, 3.05) is 0 Å². The van der Waals surface area contributed by atoms with E-state index in [0.717, 1.165) is 6.42 Å². The molecule has 2 N–H and O–H groups in total. The molecule has 0 aliphatic heterocycles. The maximum Gasteiger partial charge on any atom is 0.115 e. The molecule has 0 saturated heterocycles. The molecule has 2 nitrogen and oxygen atoms in total. The van der Waals surface area contributed by atoms with Gasteiger partial charge in [-0.1, -0.05) is 102 Å². The lowest BCUT2D eigenvalue weighted by Crippen LogP contribution is -1.84. The fraction of sp³-hybridized carbons (Fsp3) is 0.520. The Morgan fingerprint density at radius 1 is 0.519 bits per heavy atom. The van der Waals surface area contributed by atoms with Crippen LogP contribution in [0.15, 0.2) is 54.6 Å². The van der Waals surface area contributed by atoms with Crippen LogP contribution in [0, 0.1) is 0 Å². The molecule has 0 fully saturated rings. The molecule has 0 aromatic heterocycles. The van der Waals surface area contributed by atoms with Crippen molar-refractivity contribution in [2.24, 2.45) is 0 Å². The van der Waals surface area contributed by atoms with Crippen LogP contribution < -0.4 is 0 Å². The fourth-order valence-electron chi connectivity index (χ4n) is 2.52. The van der Waals surface area contributed by atoms with Crippen molar-refractivity contribution in [3.8, 4) is 11.5 Å². The molecule has 2 aromatic rings. The minimum absolute atomic E-state index is 0.322. The SMILES string of the molecule is CCCCCCC.CCCCCCc1ccc(O)cc1.Oc1ccccc1. The molecule has 2 rings (SSSR count). The summed E-state index contributed by atoms with van der Waals surface area (Å²) in [4.78, 5) is 0. The molecule has 0 saturated carbocycles. The largest absolute Gasteiger partial charge is 0.508 e. The summed E-state index contributed by atoms with van der Waals surface area (Å²) in [5, 5.41) is 17.7. The number of aryl methyl sites for hydroxylation is 1. The zero-order chi connectivity index (χ0) is 20.2. The maximum absolute atomic E-state index is 9.07. The van der Waals surface area contributed by atoms with Gasteiger partial charge in [0.2, 0.25) is 0 Å². The third-order valence-corrected chi connectivity index (χ3v) is 4.22. The molecule has 27 heavy (non-hydrogen) atoms. The Morgan fingerprint density at radius 2 is 0.963 bits per heavy atom. The third-order valence-electron chi connectivity index (χ3n) is 4.22. The normalized spacial score (nSPS) is 9.59. The van der Waals surface area contributed by atoms with E-state index in [4.69, 9.17) is 10.2 Å². The van der Waals surface area contributed by atoms with Gasteiger partial charge >= 0.3 is 0 Å². The summed E-state index contributed by atoms with van der Waals surface area (Å²) in [6.07, 6.45) is 13.3. The van der Waals surface area contributed by atoms with Gasteiger partial charge in [0.15, 0.2) is 0 Å². The Morgan fingerprint density at radius 3 is 1.37 bits per heavy atom. The van der Waals surface area contributed by atoms with Crippen LogP contribution in [0.25, 0.3) is 0 Å². The lowest BCUT2D eigenvalue weighted by Gasteiger charge is -2.00. The van der Waals surface area contributed by atoms with Crippen molar-refractivity contribution in [1.29, 1.82) is 0 Å². The molecule has 0 aliphatic carbocycles. The van der Waals surface area contributed by atoms with Crippen molar-refractivity contribution >= 4 is 0 Å². The van der Waals surface area contributed by atoms with Crippen LogP contribution in [0.2, 0.25) is 0 Å². The van der Waals surface area contributed by atoms with Crippen molar-refractivity contribution in [1.82, 2.24) is 0 Å². The maximum atomic E-state index is 9.07. The summed E-state index contributed by atoms with van der Waals surface area (Å²) in [6, 6.07) is 16.2. The highest BCUT2D eigenvalue weighted by Gasteiger charge is 1.93. The molecule has 0 amide bonds. The van der Waals surface area contributed by atoms with Gasteiger partial charge in [-0.2, -0.15) is 0 Å². The summed E-state index contributed by atoms with van der Waals surface area (Å²) >= 11 is 0. The number of rotatable bonds is 9. The van der Waals surface area contributed by atoms with Gasteiger partial charge in [-0.25, -0.2) is 0 Å². The van der Waals surface area contributed by atoms with Crippen LogP contribution in [0.4, 0.5) is 0 Å². The first-order valence-electron chi connectivity index (χ1n) is 10.7. The van der Waals surface area contributed by atoms with E-state index in [1.807, 2.05) is 18.2 Å². The highest BCUT2D eigenvalue weighted by atomic mass is 16.3. The topological polar surface area (TPSA) is 40.5 Å². The van der Waals surface area contributed by atoms with Crippen LogP contribution >= 0.6 is 0 Å². The van der Waals surface area contributed by atoms with Crippen LogP contribution in [0.5, 0.6) is 11.5 Å². The molecule has 0 aliphatic rings. The number of unbranched alkanes of at least 4 members (excludes halogenated alkanes) is 7. The third kappa shape index (κ3) is 17.2. The fourth-order valence-corrected chi connectivity index (χ4v) is 2.52. The van der Waals surface area contributed by atoms with E-state index in [-0.39, 0.29) is 0 Å². The average Bonchev–Trinajstić information content (AvgIpc) is 2.69. The Balaban J connectivity index is 0.000000410. The predicted octanol–water partition coefficient (Wildman–Crippen LogP) is 7.88. The first-order valence-corrected chi connectivity index (χ1v) is 10.7. The number of hydrogen-bond donors (Lipinski definition) is 2. The Hall–Kier alpha value is -1.96. The standard InChI is InChI=1S/C12H18O.C7H16.C6H6O/c1-2-3-4-5-6-11-7-9-12(13)10-8-11;1-3-5-7-6-4-2;7-6-4-2-1-3-5-6/h7-10,13H,2-6H2,1H3;3-7H2,1-2H3;1-5,7H. The van der Waals surface area contributed by atoms with E-state index in [9.17, 15) is 0 Å². The second kappa shape index (κ2) is 18.8. The van der Waals surface area contributed by atoms with Crippen molar-refractivity contribution in [2.45, 2.75) is 85.0 Å². The van der Waals surface area contributed by atoms with E-state index < -0.39 is 0 Å². The van der Waals surface area contributed by atoms with Gasteiger partial charge in [0.25, 0.3) is 0 Å². The van der Waals surface area contributed by atoms with Crippen LogP contribution in [-0.2, 0) is 6.42 Å². The summed E-state index contributed by atoms with van der Waals surface area (Å²) < 4.78 is 0. The molecule has 0 unspecified atom stereocenters. The van der Waals surface area contributed by atoms with Gasteiger partial charge in [-0.3, -0.25) is 0 Å². The van der Waals surface area contributed by atoms with E-state index in [0.29, 0.717) is 11.5 Å². The Labute approximate surface area is 167 Å². The predicted molar refractivity (Wildman–Crippen MR) is 118 cm³/mol. The number of phenols is 2. The smallest absolute Gasteiger partial charge is 0.115 e. The molecular weight excluding hydrogens is 332 g/mol. The average molecular weight is 373 g/mol. The number of hydrogen-bond acceptors (Lipinski definition) is 2. The Bertz CT molecular complexity index is 516. The molecule has 0 heterocycles. The van der Waals surface area contributed by atoms with E-state index in [2.05, 4.69) is 20.8 Å². The van der Waals surface area contributed by atoms with Crippen molar-refractivity contribution < 1.29 is 10.2 Å². The van der Waals surface area contributed by atoms with E-state index in [1.165, 1.54) is 63.4 Å². The quantitative estimate of drug-likeness (QED) is 0.439. The second-order valence-electron chi connectivity index (χ2n) is 6.87. The van der Waals surface area contributed by atoms with Crippen molar-refractivity contribution in [3.63, 3.8) is 0 Å². The van der Waals surface area contributed by atoms with Gasteiger partial charge in [-0.15, -0.1) is 0 Å². The lowest BCUT2D eigenvalue weighted by molar-refractivity contribution is 0.474. The first kappa shape index (κ1) is 25.0. The number of benzene rings is 2. The molecule has 0 bridgehead atoms. The van der Waals surface area contributed by atoms with Gasteiger partial charge < -0.3 is 10.2 Å². The zero-order valence-electron chi connectivity index (χ0n) is 17.7. The summed E-state index contributed by atoms with van der Waals surface area (Å²) in [5.41, 5.74) is 1.33. The van der Waals surface area contributed by atoms with E-state index >= 15 is 0 Å². The molecular formula is C25H40O2. The second-order valence-corrected chi connectivity index (χ2v) is 6.87. The Kier molecular flexibility index (Phi) is 17.5. The minimum atomic E-state index is 0.322. The van der Waals surface area contributed by atoms with Gasteiger partial charge in [0, 0.05) is 0 Å². The molecule has 0 atom stereocenters. The molecule has 2 aromatic carbocycles. The van der Waals surface area contributed by atoms with E-state index in [1.54, 1.807) is 36.4 Å². The summed E-state index contributed by atoms with van der Waals surface area (Å²) in [7, 11) is 0.